The molecule has 27 heavy (non-hydrogen) atoms. The quantitative estimate of drug-likeness (QED) is 0.569. The van der Waals surface area contributed by atoms with Gasteiger partial charge in [0.1, 0.15) is 5.75 Å². The van der Waals surface area contributed by atoms with Crippen LogP contribution in [-0.2, 0) is 11.2 Å². The van der Waals surface area contributed by atoms with Gasteiger partial charge in [0, 0.05) is 6.04 Å². The van der Waals surface area contributed by atoms with E-state index in [4.69, 9.17) is 14.2 Å². The molecule has 2 aromatic carbocycles. The van der Waals surface area contributed by atoms with Crippen LogP contribution < -0.4 is 19.5 Å². The van der Waals surface area contributed by atoms with Crippen molar-refractivity contribution in [1.82, 2.24) is 5.32 Å². The largest absolute Gasteiger partial charge is 0.493 e. The first-order chi connectivity index (χ1) is 12.9. The molecule has 0 radical (unpaired) electrons. The Morgan fingerprint density at radius 1 is 1.04 bits per heavy atom. The van der Waals surface area contributed by atoms with Gasteiger partial charge in [-0.1, -0.05) is 19.1 Å². The summed E-state index contributed by atoms with van der Waals surface area (Å²) in [5.74, 6) is 0.470. The molecule has 144 valence electrons. The topological polar surface area (TPSA) is 73.9 Å². The molecule has 0 aliphatic rings. The maximum atomic E-state index is 12.4. The second-order valence-corrected chi connectivity index (χ2v) is 6.26. The van der Waals surface area contributed by atoms with Crippen molar-refractivity contribution in [2.75, 3.05) is 13.7 Å². The minimum absolute atomic E-state index is 0.0338. The van der Waals surface area contributed by atoms with E-state index in [2.05, 4.69) is 12.2 Å². The van der Waals surface area contributed by atoms with E-state index in [9.17, 15) is 9.59 Å². The molecule has 0 aromatic heterocycles. The molecule has 0 aliphatic carbocycles. The van der Waals surface area contributed by atoms with Gasteiger partial charge in [-0.05, 0) is 56.2 Å². The molecular weight excluding hydrogens is 346 g/mol. The Balaban J connectivity index is 2.05. The second-order valence-electron chi connectivity index (χ2n) is 6.26. The summed E-state index contributed by atoms with van der Waals surface area (Å²) in [6, 6.07) is 12.1. The average Bonchev–Trinajstić information content (AvgIpc) is 2.66. The number of rotatable bonds is 8. The molecule has 0 bridgehead atoms. The molecule has 0 aliphatic heterocycles. The highest BCUT2D eigenvalue weighted by molar-refractivity contribution is 5.91. The lowest BCUT2D eigenvalue weighted by atomic mass is 10.1. The van der Waals surface area contributed by atoms with Crippen molar-refractivity contribution in [3.63, 3.8) is 0 Å². The van der Waals surface area contributed by atoms with Gasteiger partial charge in [0.15, 0.2) is 18.1 Å². The fourth-order valence-corrected chi connectivity index (χ4v) is 2.38. The number of ether oxygens (including phenoxy) is 3. The third-order valence-electron chi connectivity index (χ3n) is 3.75. The van der Waals surface area contributed by atoms with Gasteiger partial charge in [0.25, 0.3) is 5.91 Å². The summed E-state index contributed by atoms with van der Waals surface area (Å²) >= 11 is 0. The highest BCUT2D eigenvalue weighted by Crippen LogP contribution is 2.28. The van der Waals surface area contributed by atoms with Gasteiger partial charge >= 0.3 is 5.97 Å². The van der Waals surface area contributed by atoms with Crippen LogP contribution in [0.2, 0.25) is 0 Å². The molecule has 1 N–H and O–H groups in total. The van der Waals surface area contributed by atoms with Gasteiger partial charge in [-0.2, -0.15) is 0 Å². The van der Waals surface area contributed by atoms with Crippen molar-refractivity contribution < 1.29 is 23.8 Å². The van der Waals surface area contributed by atoms with Crippen LogP contribution in [0.15, 0.2) is 42.5 Å². The SMILES string of the molecule is CCc1ccc(OC(=O)c2ccc(OCC(=O)NC(C)C)c(OC)c2)cc1. The van der Waals surface area contributed by atoms with Gasteiger partial charge in [-0.25, -0.2) is 4.79 Å². The molecule has 0 fully saturated rings. The normalized spacial score (nSPS) is 10.4. The van der Waals surface area contributed by atoms with Crippen LogP contribution >= 0.6 is 0 Å². The monoisotopic (exact) mass is 371 g/mol. The van der Waals surface area contributed by atoms with Crippen LogP contribution in [0.5, 0.6) is 17.2 Å². The number of carbonyl (C=O) groups is 2. The van der Waals surface area contributed by atoms with Crippen molar-refractivity contribution in [3.05, 3.63) is 53.6 Å². The second kappa shape index (κ2) is 9.62. The van der Waals surface area contributed by atoms with Crippen molar-refractivity contribution in [2.45, 2.75) is 33.2 Å². The average molecular weight is 371 g/mol. The van der Waals surface area contributed by atoms with E-state index in [-0.39, 0.29) is 18.6 Å². The van der Waals surface area contributed by atoms with E-state index in [1.54, 1.807) is 24.3 Å². The lowest BCUT2D eigenvalue weighted by Gasteiger charge is -2.13. The molecule has 6 nitrogen and oxygen atoms in total. The van der Waals surface area contributed by atoms with Gasteiger partial charge in [-0.15, -0.1) is 0 Å². The predicted octanol–water partition coefficient (Wildman–Crippen LogP) is 3.38. The molecule has 0 saturated carbocycles. The van der Waals surface area contributed by atoms with Crippen LogP contribution in [0.3, 0.4) is 0 Å². The molecule has 0 atom stereocenters. The Bertz CT molecular complexity index is 784. The van der Waals surface area contributed by atoms with E-state index in [1.165, 1.54) is 18.7 Å². The first-order valence-corrected chi connectivity index (χ1v) is 8.84. The molecule has 0 saturated heterocycles. The van der Waals surface area contributed by atoms with Crippen molar-refractivity contribution >= 4 is 11.9 Å². The summed E-state index contributed by atoms with van der Waals surface area (Å²) in [6.45, 7) is 5.66. The van der Waals surface area contributed by atoms with E-state index in [0.29, 0.717) is 22.8 Å². The number of hydrogen-bond donors (Lipinski definition) is 1. The number of amides is 1. The van der Waals surface area contributed by atoms with Crippen molar-refractivity contribution in [2.24, 2.45) is 0 Å². The zero-order valence-electron chi connectivity index (χ0n) is 16.1. The lowest BCUT2D eigenvalue weighted by Crippen LogP contribution is -2.34. The molecular formula is C21H25NO5. The maximum absolute atomic E-state index is 12.4. The number of methoxy groups -OCH3 is 1. The Morgan fingerprint density at radius 2 is 1.74 bits per heavy atom. The highest BCUT2D eigenvalue weighted by atomic mass is 16.5. The van der Waals surface area contributed by atoms with Crippen LogP contribution in [-0.4, -0.2) is 31.6 Å². The molecule has 6 heteroatoms. The Hall–Kier alpha value is -3.02. The fraction of sp³-hybridized carbons (Fsp3) is 0.333. The van der Waals surface area contributed by atoms with E-state index < -0.39 is 5.97 Å². The van der Waals surface area contributed by atoms with Gasteiger partial charge in [0.05, 0.1) is 12.7 Å². The molecule has 0 unspecified atom stereocenters. The molecule has 0 spiro atoms. The van der Waals surface area contributed by atoms with Crippen LogP contribution in [0.25, 0.3) is 0 Å². The number of aryl methyl sites for hydroxylation is 1. The maximum Gasteiger partial charge on any atom is 0.343 e. The zero-order valence-corrected chi connectivity index (χ0v) is 16.1. The number of benzene rings is 2. The summed E-state index contributed by atoms with van der Waals surface area (Å²) in [5, 5.41) is 2.74. The molecule has 0 heterocycles. The van der Waals surface area contributed by atoms with Gasteiger partial charge in [0.2, 0.25) is 0 Å². The van der Waals surface area contributed by atoms with E-state index in [0.717, 1.165) is 6.42 Å². The Morgan fingerprint density at radius 3 is 2.33 bits per heavy atom. The number of carbonyl (C=O) groups excluding carboxylic acids is 2. The lowest BCUT2D eigenvalue weighted by molar-refractivity contribution is -0.123. The van der Waals surface area contributed by atoms with E-state index in [1.807, 2.05) is 26.0 Å². The summed E-state index contributed by atoms with van der Waals surface area (Å²) in [5.41, 5.74) is 1.49. The summed E-state index contributed by atoms with van der Waals surface area (Å²) < 4.78 is 16.1. The third-order valence-corrected chi connectivity index (χ3v) is 3.75. The third kappa shape index (κ3) is 6.02. The number of esters is 1. The predicted molar refractivity (Wildman–Crippen MR) is 103 cm³/mol. The van der Waals surface area contributed by atoms with Crippen LogP contribution in [0, 0.1) is 0 Å². The fourth-order valence-electron chi connectivity index (χ4n) is 2.38. The summed E-state index contributed by atoms with van der Waals surface area (Å²) in [7, 11) is 1.47. The number of hydrogen-bond acceptors (Lipinski definition) is 5. The van der Waals surface area contributed by atoms with Gasteiger partial charge < -0.3 is 19.5 Å². The Kier molecular flexibility index (Phi) is 7.23. The minimum Gasteiger partial charge on any atom is -0.493 e. The van der Waals surface area contributed by atoms with Crippen molar-refractivity contribution in [3.8, 4) is 17.2 Å². The van der Waals surface area contributed by atoms with Crippen LogP contribution in [0.1, 0.15) is 36.7 Å². The zero-order chi connectivity index (χ0) is 19.8. The minimum atomic E-state index is -0.498. The standard InChI is InChI=1S/C21H25NO5/c1-5-15-6-9-17(10-7-15)27-21(24)16-8-11-18(19(12-16)25-4)26-13-20(23)22-14(2)3/h6-12,14H,5,13H2,1-4H3,(H,22,23). The first kappa shape index (κ1) is 20.3. The van der Waals surface area contributed by atoms with E-state index >= 15 is 0 Å². The summed E-state index contributed by atoms with van der Waals surface area (Å²) in [6.07, 6.45) is 0.919. The molecule has 2 rings (SSSR count). The Labute approximate surface area is 159 Å². The van der Waals surface area contributed by atoms with Crippen LogP contribution in [0.4, 0.5) is 0 Å². The highest BCUT2D eigenvalue weighted by Gasteiger charge is 2.14. The summed E-state index contributed by atoms with van der Waals surface area (Å²) in [4.78, 5) is 24.1. The van der Waals surface area contributed by atoms with Crippen molar-refractivity contribution in [1.29, 1.82) is 0 Å². The van der Waals surface area contributed by atoms with Gasteiger partial charge in [-0.3, -0.25) is 4.79 Å². The molecule has 1 amide bonds. The number of nitrogens with one attached hydrogen (secondary N) is 1. The first-order valence-electron chi connectivity index (χ1n) is 8.84. The molecule has 2 aromatic rings. The smallest absolute Gasteiger partial charge is 0.343 e.